The number of amides is 2. The van der Waals surface area contributed by atoms with Gasteiger partial charge in [-0.05, 0) is 24.5 Å². The van der Waals surface area contributed by atoms with Crippen molar-refractivity contribution in [2.24, 2.45) is 0 Å². The fourth-order valence-electron chi connectivity index (χ4n) is 3.90. The van der Waals surface area contributed by atoms with Crippen molar-refractivity contribution in [1.82, 2.24) is 10.6 Å². The molecule has 2 N–H and O–H groups in total. The number of fused-ring (bicyclic) bond motifs is 1. The van der Waals surface area contributed by atoms with Gasteiger partial charge in [0.15, 0.2) is 11.5 Å². The molecule has 3 atom stereocenters. The number of rotatable bonds is 5. The van der Waals surface area contributed by atoms with Crippen LogP contribution < -0.4 is 20.1 Å². The highest BCUT2D eigenvalue weighted by atomic mass is 16.5. The van der Waals surface area contributed by atoms with Gasteiger partial charge in [-0.15, -0.1) is 0 Å². The second-order valence-electron chi connectivity index (χ2n) is 7.31. The summed E-state index contributed by atoms with van der Waals surface area (Å²) in [6.45, 7) is 1.64. The quantitative estimate of drug-likeness (QED) is 0.834. The molecule has 6 heteroatoms. The van der Waals surface area contributed by atoms with E-state index in [4.69, 9.17) is 14.2 Å². The first-order valence-electron chi connectivity index (χ1n) is 9.72. The minimum absolute atomic E-state index is 0.0450. The van der Waals surface area contributed by atoms with Crippen LogP contribution in [0.3, 0.4) is 0 Å². The van der Waals surface area contributed by atoms with E-state index in [0.717, 1.165) is 29.9 Å². The summed E-state index contributed by atoms with van der Waals surface area (Å²) >= 11 is 0. The van der Waals surface area contributed by atoms with Gasteiger partial charge in [-0.2, -0.15) is 0 Å². The van der Waals surface area contributed by atoms with Gasteiger partial charge in [0.25, 0.3) is 0 Å². The SMILES string of the molecule is COc1cccc2c1OCC(NC(=O)NC[C@@H]1C[C@H](c3ccccc3)CO1)C2. The summed E-state index contributed by atoms with van der Waals surface area (Å²) in [5.74, 6) is 1.90. The number of carbonyl (C=O) groups excluding carboxylic acids is 1. The largest absolute Gasteiger partial charge is 0.493 e. The van der Waals surface area contributed by atoms with Gasteiger partial charge in [-0.1, -0.05) is 42.5 Å². The Morgan fingerprint density at radius 3 is 2.82 bits per heavy atom. The molecular formula is C22H26N2O4. The fraction of sp³-hybridized carbons (Fsp3) is 0.409. The Kier molecular flexibility index (Phi) is 5.67. The van der Waals surface area contributed by atoms with Gasteiger partial charge in [0.1, 0.15) is 6.61 Å². The Morgan fingerprint density at radius 1 is 1.14 bits per heavy atom. The van der Waals surface area contributed by atoms with Crippen molar-refractivity contribution in [2.45, 2.75) is 30.9 Å². The van der Waals surface area contributed by atoms with E-state index < -0.39 is 0 Å². The van der Waals surface area contributed by atoms with E-state index in [0.29, 0.717) is 25.7 Å². The molecule has 2 amide bonds. The van der Waals surface area contributed by atoms with Crippen LogP contribution in [-0.2, 0) is 11.2 Å². The lowest BCUT2D eigenvalue weighted by Gasteiger charge is -2.27. The molecule has 0 bridgehead atoms. The van der Waals surface area contributed by atoms with Crippen molar-refractivity contribution in [3.63, 3.8) is 0 Å². The van der Waals surface area contributed by atoms with E-state index in [2.05, 4.69) is 22.8 Å². The highest BCUT2D eigenvalue weighted by molar-refractivity contribution is 5.74. The van der Waals surface area contributed by atoms with E-state index in [1.807, 2.05) is 36.4 Å². The minimum Gasteiger partial charge on any atom is -0.493 e. The van der Waals surface area contributed by atoms with Crippen molar-refractivity contribution < 1.29 is 19.0 Å². The van der Waals surface area contributed by atoms with Crippen LogP contribution in [0.2, 0.25) is 0 Å². The zero-order chi connectivity index (χ0) is 19.3. The molecule has 148 valence electrons. The van der Waals surface area contributed by atoms with Crippen LogP contribution in [0.1, 0.15) is 23.5 Å². The molecule has 0 spiro atoms. The van der Waals surface area contributed by atoms with E-state index in [1.165, 1.54) is 5.56 Å². The molecule has 2 aromatic rings. The van der Waals surface area contributed by atoms with Crippen molar-refractivity contribution >= 4 is 6.03 Å². The predicted molar refractivity (Wildman–Crippen MR) is 106 cm³/mol. The number of ether oxygens (including phenoxy) is 3. The van der Waals surface area contributed by atoms with Crippen LogP contribution >= 0.6 is 0 Å². The molecule has 2 aliphatic rings. The molecule has 1 unspecified atom stereocenters. The Hall–Kier alpha value is -2.73. The molecule has 4 rings (SSSR count). The molecule has 28 heavy (non-hydrogen) atoms. The van der Waals surface area contributed by atoms with Gasteiger partial charge >= 0.3 is 6.03 Å². The number of hydrogen-bond acceptors (Lipinski definition) is 4. The highest BCUT2D eigenvalue weighted by Crippen LogP contribution is 2.34. The molecule has 2 heterocycles. The van der Waals surface area contributed by atoms with Crippen LogP contribution in [0.15, 0.2) is 48.5 Å². The van der Waals surface area contributed by atoms with Crippen LogP contribution in [0.25, 0.3) is 0 Å². The van der Waals surface area contributed by atoms with Crippen molar-refractivity contribution in [2.75, 3.05) is 26.9 Å². The summed E-state index contributed by atoms with van der Waals surface area (Å²) in [6, 6.07) is 15.9. The second kappa shape index (κ2) is 8.52. The number of nitrogens with one attached hydrogen (secondary N) is 2. The zero-order valence-electron chi connectivity index (χ0n) is 16.0. The molecule has 2 aliphatic heterocycles. The maximum Gasteiger partial charge on any atom is 0.315 e. The van der Waals surface area contributed by atoms with Crippen molar-refractivity contribution in [3.8, 4) is 11.5 Å². The predicted octanol–water partition coefficient (Wildman–Crippen LogP) is 2.87. The van der Waals surface area contributed by atoms with Gasteiger partial charge in [0.05, 0.1) is 25.9 Å². The standard InChI is InChI=1S/C22H26N2O4/c1-26-20-9-5-8-16-10-18(14-28-21(16)20)24-22(25)23-12-19-11-17(13-27-19)15-6-3-2-4-7-15/h2-9,17-19H,10-14H2,1H3,(H2,23,24,25)/t17-,18?,19-/m0/s1. The summed E-state index contributed by atoms with van der Waals surface area (Å²) in [5.41, 5.74) is 2.34. The van der Waals surface area contributed by atoms with Gasteiger partial charge in [-0.3, -0.25) is 0 Å². The number of hydrogen-bond donors (Lipinski definition) is 2. The molecule has 1 saturated heterocycles. The molecule has 0 aromatic heterocycles. The Labute approximate surface area is 165 Å². The van der Waals surface area contributed by atoms with Crippen LogP contribution in [0.4, 0.5) is 4.79 Å². The van der Waals surface area contributed by atoms with Crippen molar-refractivity contribution in [1.29, 1.82) is 0 Å². The van der Waals surface area contributed by atoms with Gasteiger partial charge < -0.3 is 24.8 Å². The maximum absolute atomic E-state index is 12.3. The number of carbonyl (C=O) groups is 1. The van der Waals surface area contributed by atoms with Gasteiger partial charge in [0.2, 0.25) is 0 Å². The van der Waals surface area contributed by atoms with Crippen molar-refractivity contribution in [3.05, 3.63) is 59.7 Å². The lowest BCUT2D eigenvalue weighted by molar-refractivity contribution is 0.109. The summed E-state index contributed by atoms with van der Waals surface area (Å²) in [7, 11) is 1.63. The summed E-state index contributed by atoms with van der Waals surface area (Å²) < 4.78 is 17.0. The first kappa shape index (κ1) is 18.6. The van der Waals surface area contributed by atoms with Crippen LogP contribution in [0.5, 0.6) is 11.5 Å². The lowest BCUT2D eigenvalue weighted by atomic mass is 9.96. The molecule has 6 nitrogen and oxygen atoms in total. The topological polar surface area (TPSA) is 68.8 Å². The smallest absolute Gasteiger partial charge is 0.315 e. The second-order valence-corrected chi connectivity index (χ2v) is 7.31. The Morgan fingerprint density at radius 2 is 2.00 bits per heavy atom. The van der Waals surface area contributed by atoms with Gasteiger partial charge in [-0.25, -0.2) is 4.79 Å². The van der Waals surface area contributed by atoms with E-state index >= 15 is 0 Å². The zero-order valence-corrected chi connectivity index (χ0v) is 16.0. The van der Waals surface area contributed by atoms with E-state index in [-0.39, 0.29) is 18.2 Å². The minimum atomic E-state index is -0.188. The average Bonchev–Trinajstić information content (AvgIpc) is 3.21. The third-order valence-corrected chi connectivity index (χ3v) is 5.35. The first-order valence-corrected chi connectivity index (χ1v) is 9.72. The summed E-state index contributed by atoms with van der Waals surface area (Å²) in [4.78, 5) is 12.3. The van der Waals surface area contributed by atoms with E-state index in [1.54, 1.807) is 7.11 Å². The molecule has 2 aromatic carbocycles. The summed E-state index contributed by atoms with van der Waals surface area (Å²) in [6.07, 6.45) is 1.68. The molecular weight excluding hydrogens is 356 g/mol. The first-order chi connectivity index (χ1) is 13.7. The normalized spacial score (nSPS) is 23.4. The third kappa shape index (κ3) is 4.22. The lowest BCUT2D eigenvalue weighted by Crippen LogP contribution is -2.48. The highest BCUT2D eigenvalue weighted by Gasteiger charge is 2.28. The molecule has 0 saturated carbocycles. The molecule has 0 radical (unpaired) electrons. The third-order valence-electron chi connectivity index (χ3n) is 5.35. The van der Waals surface area contributed by atoms with Crippen LogP contribution in [0, 0.1) is 0 Å². The average molecular weight is 382 g/mol. The van der Waals surface area contributed by atoms with E-state index in [9.17, 15) is 4.79 Å². The summed E-state index contributed by atoms with van der Waals surface area (Å²) in [5, 5.41) is 5.93. The number of urea groups is 1. The molecule has 1 fully saturated rings. The number of para-hydroxylation sites is 1. The Balaban J connectivity index is 1.23. The molecule has 0 aliphatic carbocycles. The number of benzene rings is 2. The Bertz CT molecular complexity index is 811. The maximum atomic E-state index is 12.3. The van der Waals surface area contributed by atoms with Gasteiger partial charge in [0, 0.05) is 18.0 Å². The monoisotopic (exact) mass is 382 g/mol. The van der Waals surface area contributed by atoms with Crippen LogP contribution in [-0.4, -0.2) is 45.0 Å². The number of methoxy groups -OCH3 is 1. The fourth-order valence-corrected chi connectivity index (χ4v) is 3.90.